The lowest BCUT2D eigenvalue weighted by Gasteiger charge is -2.18. The highest BCUT2D eigenvalue weighted by molar-refractivity contribution is 5.73. The van der Waals surface area contributed by atoms with Crippen LogP contribution in [0.5, 0.6) is 0 Å². The molecule has 1 aromatic heterocycles. The number of pyridine rings is 1. The number of carbonyl (C=O) groups is 1. The Hall–Kier alpha value is -3.34. The first-order chi connectivity index (χ1) is 13.8. The van der Waals surface area contributed by atoms with Gasteiger partial charge in [-0.05, 0) is 29.7 Å². The number of amides is 2. The molecule has 0 aliphatic carbocycles. The Labute approximate surface area is 166 Å². The van der Waals surface area contributed by atoms with Gasteiger partial charge in [0.2, 0.25) is 0 Å². The maximum Gasteiger partial charge on any atom is 0.314 e. The fourth-order valence-electron chi connectivity index (χ4n) is 3.12. The highest BCUT2D eigenvalue weighted by Crippen LogP contribution is 2.27. The van der Waals surface area contributed by atoms with E-state index in [0.717, 1.165) is 12.2 Å². The van der Waals surface area contributed by atoms with E-state index in [2.05, 4.69) is 69.5 Å². The zero-order valence-electron chi connectivity index (χ0n) is 15.8. The van der Waals surface area contributed by atoms with E-state index >= 15 is 0 Å². The number of nitrogens with zero attached hydrogens (tertiary/aromatic N) is 1. The largest absolute Gasteiger partial charge is 0.368 e. The van der Waals surface area contributed by atoms with Crippen molar-refractivity contribution in [1.29, 1.82) is 0 Å². The lowest BCUT2D eigenvalue weighted by molar-refractivity contribution is 0.241. The van der Waals surface area contributed by atoms with Gasteiger partial charge in [-0.25, -0.2) is 9.78 Å². The highest BCUT2D eigenvalue weighted by Gasteiger charge is 2.13. The molecule has 1 heterocycles. The van der Waals surface area contributed by atoms with Crippen LogP contribution in [-0.2, 0) is 0 Å². The summed E-state index contributed by atoms with van der Waals surface area (Å²) in [5.41, 5.74) is 2.52. The zero-order chi connectivity index (χ0) is 19.4. The topological polar surface area (TPSA) is 66.0 Å². The van der Waals surface area contributed by atoms with Crippen LogP contribution in [0.25, 0.3) is 0 Å². The van der Waals surface area contributed by atoms with Crippen LogP contribution < -0.4 is 16.0 Å². The molecule has 3 aromatic rings. The van der Waals surface area contributed by atoms with Crippen LogP contribution in [0.15, 0.2) is 85.1 Å². The number of carbonyl (C=O) groups excluding carboxylic acids is 1. The summed E-state index contributed by atoms with van der Waals surface area (Å²) in [5.74, 6) is 1.06. The first-order valence-corrected chi connectivity index (χ1v) is 9.59. The highest BCUT2D eigenvalue weighted by atomic mass is 16.2. The molecule has 3 N–H and O–H groups in total. The Kier molecular flexibility index (Phi) is 7.44. The van der Waals surface area contributed by atoms with Crippen molar-refractivity contribution in [2.45, 2.75) is 12.3 Å². The van der Waals surface area contributed by atoms with E-state index < -0.39 is 0 Å². The Morgan fingerprint density at radius 1 is 0.750 bits per heavy atom. The van der Waals surface area contributed by atoms with Crippen molar-refractivity contribution in [2.24, 2.45) is 0 Å². The van der Waals surface area contributed by atoms with E-state index in [1.807, 2.05) is 30.3 Å². The molecule has 0 saturated carbocycles. The summed E-state index contributed by atoms with van der Waals surface area (Å²) < 4.78 is 0. The Bertz CT molecular complexity index is 785. The minimum absolute atomic E-state index is 0.150. The maximum atomic E-state index is 12.0. The summed E-state index contributed by atoms with van der Waals surface area (Å²) in [4.78, 5) is 16.2. The Morgan fingerprint density at radius 2 is 1.36 bits per heavy atom. The summed E-state index contributed by atoms with van der Waals surface area (Å²) in [7, 11) is 0. The quantitative estimate of drug-likeness (QED) is 0.496. The third-order valence-corrected chi connectivity index (χ3v) is 4.50. The van der Waals surface area contributed by atoms with Crippen molar-refractivity contribution in [1.82, 2.24) is 15.6 Å². The summed E-state index contributed by atoms with van der Waals surface area (Å²) >= 11 is 0. The van der Waals surface area contributed by atoms with Gasteiger partial charge in [-0.1, -0.05) is 66.7 Å². The molecule has 0 unspecified atom stereocenters. The van der Waals surface area contributed by atoms with Gasteiger partial charge in [-0.2, -0.15) is 0 Å². The molecule has 0 aliphatic heterocycles. The van der Waals surface area contributed by atoms with Gasteiger partial charge in [-0.3, -0.25) is 0 Å². The molecule has 3 rings (SSSR count). The maximum absolute atomic E-state index is 12.0. The first-order valence-electron chi connectivity index (χ1n) is 9.59. The molecule has 0 spiro atoms. The van der Waals surface area contributed by atoms with Crippen LogP contribution in [-0.4, -0.2) is 30.6 Å². The van der Waals surface area contributed by atoms with Gasteiger partial charge >= 0.3 is 6.03 Å². The molecule has 2 amide bonds. The van der Waals surface area contributed by atoms with Gasteiger partial charge in [0.25, 0.3) is 0 Å². The summed E-state index contributed by atoms with van der Waals surface area (Å²) in [6.45, 7) is 1.76. The smallest absolute Gasteiger partial charge is 0.314 e. The third kappa shape index (κ3) is 6.13. The van der Waals surface area contributed by atoms with Crippen LogP contribution >= 0.6 is 0 Å². The van der Waals surface area contributed by atoms with E-state index in [9.17, 15) is 4.79 Å². The molecular weight excluding hydrogens is 348 g/mol. The van der Waals surface area contributed by atoms with Crippen molar-refractivity contribution in [3.63, 3.8) is 0 Å². The second-order valence-electron chi connectivity index (χ2n) is 6.49. The number of hydrogen-bond donors (Lipinski definition) is 3. The van der Waals surface area contributed by atoms with Crippen LogP contribution in [0.3, 0.4) is 0 Å². The molecule has 0 saturated heterocycles. The molecule has 0 radical (unpaired) electrons. The molecule has 0 bridgehead atoms. The van der Waals surface area contributed by atoms with E-state index in [1.54, 1.807) is 6.20 Å². The SMILES string of the molecule is O=C(NCCNc1ccccn1)NCCC(c1ccccc1)c1ccccc1. The van der Waals surface area contributed by atoms with Crippen LogP contribution in [0.4, 0.5) is 10.6 Å². The molecule has 0 fully saturated rings. The van der Waals surface area contributed by atoms with Crippen LogP contribution in [0, 0.1) is 0 Å². The van der Waals surface area contributed by atoms with Gasteiger partial charge in [0, 0.05) is 31.7 Å². The average molecular weight is 374 g/mol. The zero-order valence-corrected chi connectivity index (χ0v) is 15.8. The molecule has 2 aromatic carbocycles. The minimum atomic E-state index is -0.150. The van der Waals surface area contributed by atoms with E-state index in [4.69, 9.17) is 0 Å². The summed E-state index contributed by atoms with van der Waals surface area (Å²) in [5, 5.41) is 8.99. The number of rotatable bonds is 9. The molecule has 28 heavy (non-hydrogen) atoms. The van der Waals surface area contributed by atoms with E-state index in [1.165, 1.54) is 11.1 Å². The Morgan fingerprint density at radius 3 is 1.96 bits per heavy atom. The second kappa shape index (κ2) is 10.7. The Balaban J connectivity index is 1.43. The van der Waals surface area contributed by atoms with Crippen molar-refractivity contribution < 1.29 is 4.79 Å². The van der Waals surface area contributed by atoms with Gasteiger partial charge in [0.15, 0.2) is 0 Å². The minimum Gasteiger partial charge on any atom is -0.368 e. The molecule has 0 aliphatic rings. The molecule has 5 nitrogen and oxygen atoms in total. The van der Waals surface area contributed by atoms with Crippen molar-refractivity contribution in [3.05, 3.63) is 96.2 Å². The fraction of sp³-hybridized carbons (Fsp3) is 0.217. The number of hydrogen-bond acceptors (Lipinski definition) is 3. The molecule has 5 heteroatoms. The van der Waals surface area contributed by atoms with Gasteiger partial charge in [0.05, 0.1) is 0 Å². The lowest BCUT2D eigenvalue weighted by atomic mass is 9.88. The number of benzene rings is 2. The predicted molar refractivity (Wildman–Crippen MR) is 113 cm³/mol. The third-order valence-electron chi connectivity index (χ3n) is 4.50. The summed E-state index contributed by atoms with van der Waals surface area (Å²) in [6.07, 6.45) is 2.58. The molecule has 0 atom stereocenters. The van der Waals surface area contributed by atoms with Crippen molar-refractivity contribution >= 4 is 11.8 Å². The van der Waals surface area contributed by atoms with E-state index in [0.29, 0.717) is 19.6 Å². The van der Waals surface area contributed by atoms with Gasteiger partial charge in [-0.15, -0.1) is 0 Å². The van der Waals surface area contributed by atoms with Crippen molar-refractivity contribution in [3.8, 4) is 0 Å². The number of aromatic nitrogens is 1. The number of anilines is 1. The molecular formula is C23H26N4O. The van der Waals surface area contributed by atoms with Gasteiger partial charge in [0.1, 0.15) is 5.82 Å². The van der Waals surface area contributed by atoms with E-state index in [-0.39, 0.29) is 11.9 Å². The molecule has 144 valence electrons. The predicted octanol–water partition coefficient (Wildman–Crippen LogP) is 4.01. The number of urea groups is 1. The average Bonchev–Trinajstić information content (AvgIpc) is 2.76. The van der Waals surface area contributed by atoms with Crippen LogP contribution in [0.1, 0.15) is 23.5 Å². The first kappa shape index (κ1) is 19.4. The standard InChI is InChI=1S/C23H26N4O/c28-23(27-18-17-25-22-13-7-8-15-24-22)26-16-14-21(19-9-3-1-4-10-19)20-11-5-2-6-12-20/h1-13,15,21H,14,16-18H2,(H,24,25)(H2,26,27,28). The van der Waals surface area contributed by atoms with Crippen molar-refractivity contribution in [2.75, 3.05) is 25.0 Å². The van der Waals surface area contributed by atoms with Crippen LogP contribution in [0.2, 0.25) is 0 Å². The van der Waals surface area contributed by atoms with Gasteiger partial charge < -0.3 is 16.0 Å². The lowest BCUT2D eigenvalue weighted by Crippen LogP contribution is -2.38. The summed E-state index contributed by atoms with van der Waals surface area (Å²) in [6, 6.07) is 26.4. The second-order valence-corrected chi connectivity index (χ2v) is 6.49. The number of nitrogens with one attached hydrogen (secondary N) is 3. The monoisotopic (exact) mass is 374 g/mol. The fourth-order valence-corrected chi connectivity index (χ4v) is 3.12. The normalized spacial score (nSPS) is 10.5.